The lowest BCUT2D eigenvalue weighted by Gasteiger charge is -2.31. The Labute approximate surface area is 128 Å². The first-order chi connectivity index (χ1) is 9.84. The van der Waals surface area contributed by atoms with E-state index in [2.05, 4.69) is 24.1 Å². The van der Waals surface area contributed by atoms with E-state index in [1.165, 1.54) is 11.8 Å². The van der Waals surface area contributed by atoms with Gasteiger partial charge in [0.15, 0.2) is 9.84 Å². The minimum absolute atomic E-state index is 0.394. The molecule has 0 amide bonds. The van der Waals surface area contributed by atoms with Crippen molar-refractivity contribution in [2.45, 2.75) is 37.8 Å². The molecule has 0 radical (unpaired) electrons. The summed E-state index contributed by atoms with van der Waals surface area (Å²) in [6.07, 6.45) is 2.39. The predicted octanol–water partition coefficient (Wildman–Crippen LogP) is 1.91. The van der Waals surface area contributed by atoms with Crippen LogP contribution in [0.3, 0.4) is 0 Å². The number of nitrogens with zero attached hydrogens (tertiary/aromatic N) is 1. The van der Waals surface area contributed by atoms with E-state index in [1.807, 2.05) is 12.1 Å². The van der Waals surface area contributed by atoms with Crippen molar-refractivity contribution in [1.29, 1.82) is 0 Å². The Morgan fingerprint density at radius 1 is 1.24 bits per heavy atom. The van der Waals surface area contributed by atoms with E-state index in [0.717, 1.165) is 32.6 Å². The summed E-state index contributed by atoms with van der Waals surface area (Å²) >= 11 is 0. The molecule has 1 aromatic rings. The van der Waals surface area contributed by atoms with Gasteiger partial charge in [0, 0.05) is 25.4 Å². The highest BCUT2D eigenvalue weighted by molar-refractivity contribution is 7.90. The number of rotatable bonds is 3. The van der Waals surface area contributed by atoms with Crippen molar-refractivity contribution >= 4 is 9.84 Å². The van der Waals surface area contributed by atoms with Crippen LogP contribution in [0, 0.1) is 5.92 Å². The second kappa shape index (κ2) is 6.90. The molecule has 1 N–H and O–H groups in total. The van der Waals surface area contributed by atoms with Gasteiger partial charge in [-0.1, -0.05) is 19.1 Å². The van der Waals surface area contributed by atoms with Crippen molar-refractivity contribution in [2.24, 2.45) is 5.92 Å². The minimum Gasteiger partial charge on any atom is -0.314 e. The van der Waals surface area contributed by atoms with E-state index in [0.29, 0.717) is 16.9 Å². The van der Waals surface area contributed by atoms with E-state index < -0.39 is 9.84 Å². The van der Waals surface area contributed by atoms with Gasteiger partial charge in [-0.3, -0.25) is 4.90 Å². The van der Waals surface area contributed by atoms with Gasteiger partial charge in [0.25, 0.3) is 0 Å². The molecule has 0 bridgehead atoms. The van der Waals surface area contributed by atoms with Gasteiger partial charge in [-0.15, -0.1) is 0 Å². The van der Waals surface area contributed by atoms with Crippen LogP contribution in [0.5, 0.6) is 0 Å². The molecule has 5 heteroatoms. The molecule has 1 heterocycles. The van der Waals surface area contributed by atoms with E-state index >= 15 is 0 Å². The van der Waals surface area contributed by atoms with Crippen molar-refractivity contribution in [3.05, 3.63) is 29.8 Å². The standard InChI is InChI=1S/C16H26N2O2S/c1-13-10-17-14(2)8-9-18(11-13)12-15-4-6-16(7-5-15)21(3,19)20/h4-7,13-14,17H,8-12H2,1-3H3. The predicted molar refractivity (Wildman–Crippen MR) is 86.1 cm³/mol. The van der Waals surface area contributed by atoms with E-state index in [4.69, 9.17) is 0 Å². The molecule has 0 aromatic heterocycles. The topological polar surface area (TPSA) is 49.4 Å². The summed E-state index contributed by atoms with van der Waals surface area (Å²) in [7, 11) is -3.10. The summed E-state index contributed by atoms with van der Waals surface area (Å²) in [5.41, 5.74) is 1.18. The van der Waals surface area contributed by atoms with Crippen molar-refractivity contribution in [3.63, 3.8) is 0 Å². The number of hydrogen-bond donors (Lipinski definition) is 1. The fourth-order valence-electron chi connectivity index (χ4n) is 2.72. The van der Waals surface area contributed by atoms with Gasteiger partial charge in [0.1, 0.15) is 0 Å². The first-order valence-electron chi connectivity index (χ1n) is 7.59. The number of benzene rings is 1. The molecule has 0 saturated carbocycles. The molecule has 4 nitrogen and oxygen atoms in total. The molecular formula is C16H26N2O2S. The van der Waals surface area contributed by atoms with Gasteiger partial charge in [0.05, 0.1) is 4.90 Å². The molecule has 1 saturated heterocycles. The SMILES string of the molecule is CC1CNC(C)CCN(Cc2ccc(S(C)(=O)=O)cc2)C1. The quantitative estimate of drug-likeness (QED) is 0.926. The Morgan fingerprint density at radius 2 is 1.90 bits per heavy atom. The van der Waals surface area contributed by atoms with Gasteiger partial charge in [0.2, 0.25) is 0 Å². The molecule has 0 spiro atoms. The second-order valence-corrected chi connectivity index (χ2v) is 8.37. The highest BCUT2D eigenvalue weighted by Crippen LogP contribution is 2.14. The summed E-state index contributed by atoms with van der Waals surface area (Å²) < 4.78 is 23.0. The monoisotopic (exact) mass is 310 g/mol. The van der Waals surface area contributed by atoms with Crippen LogP contribution in [-0.4, -0.2) is 45.2 Å². The van der Waals surface area contributed by atoms with Crippen molar-refractivity contribution in [2.75, 3.05) is 25.9 Å². The average molecular weight is 310 g/mol. The van der Waals surface area contributed by atoms with Crippen LogP contribution in [-0.2, 0) is 16.4 Å². The zero-order chi connectivity index (χ0) is 15.5. The van der Waals surface area contributed by atoms with Crippen LogP contribution in [0.2, 0.25) is 0 Å². The molecule has 2 unspecified atom stereocenters. The zero-order valence-electron chi connectivity index (χ0n) is 13.2. The Balaban J connectivity index is 2.02. The zero-order valence-corrected chi connectivity index (χ0v) is 14.0. The molecule has 1 aliphatic rings. The van der Waals surface area contributed by atoms with Crippen LogP contribution >= 0.6 is 0 Å². The average Bonchev–Trinajstić information content (AvgIpc) is 2.40. The Morgan fingerprint density at radius 3 is 2.52 bits per heavy atom. The molecule has 2 atom stereocenters. The van der Waals surface area contributed by atoms with Gasteiger partial charge in [-0.25, -0.2) is 8.42 Å². The number of nitrogens with one attached hydrogen (secondary N) is 1. The smallest absolute Gasteiger partial charge is 0.175 e. The lowest BCUT2D eigenvalue weighted by molar-refractivity contribution is 0.195. The first-order valence-corrected chi connectivity index (χ1v) is 9.48. The van der Waals surface area contributed by atoms with Crippen LogP contribution in [0.4, 0.5) is 0 Å². The van der Waals surface area contributed by atoms with Gasteiger partial charge >= 0.3 is 0 Å². The maximum Gasteiger partial charge on any atom is 0.175 e. The Hall–Kier alpha value is -0.910. The third-order valence-electron chi connectivity index (χ3n) is 4.02. The normalized spacial score (nSPS) is 25.3. The van der Waals surface area contributed by atoms with Crippen molar-refractivity contribution in [3.8, 4) is 0 Å². The molecule has 21 heavy (non-hydrogen) atoms. The highest BCUT2D eigenvalue weighted by Gasteiger charge is 2.16. The molecule has 1 fully saturated rings. The number of hydrogen-bond acceptors (Lipinski definition) is 4. The lowest BCUT2D eigenvalue weighted by atomic mass is 10.1. The molecule has 1 aliphatic heterocycles. The third-order valence-corrected chi connectivity index (χ3v) is 5.15. The van der Waals surface area contributed by atoms with Crippen molar-refractivity contribution in [1.82, 2.24) is 10.2 Å². The molecule has 118 valence electrons. The third kappa shape index (κ3) is 5.09. The fourth-order valence-corrected chi connectivity index (χ4v) is 3.35. The summed E-state index contributed by atoms with van der Waals surface area (Å²) in [5, 5.41) is 3.55. The van der Waals surface area contributed by atoms with Crippen LogP contribution in [0.15, 0.2) is 29.2 Å². The molecule has 0 aliphatic carbocycles. The summed E-state index contributed by atoms with van der Waals surface area (Å²) in [5.74, 6) is 0.628. The molecule has 2 rings (SSSR count). The Kier molecular flexibility index (Phi) is 5.41. The molecular weight excluding hydrogens is 284 g/mol. The Bertz CT molecular complexity index is 554. The lowest BCUT2D eigenvalue weighted by Crippen LogP contribution is -2.42. The van der Waals surface area contributed by atoms with E-state index in [9.17, 15) is 8.42 Å². The van der Waals surface area contributed by atoms with E-state index in [1.54, 1.807) is 12.1 Å². The maximum atomic E-state index is 11.5. The summed E-state index contributed by atoms with van der Waals surface area (Å²) in [6.45, 7) is 8.60. The fraction of sp³-hybridized carbons (Fsp3) is 0.625. The highest BCUT2D eigenvalue weighted by atomic mass is 32.2. The van der Waals surface area contributed by atoms with E-state index in [-0.39, 0.29) is 0 Å². The second-order valence-electron chi connectivity index (χ2n) is 6.35. The van der Waals surface area contributed by atoms with Crippen LogP contribution < -0.4 is 5.32 Å². The van der Waals surface area contributed by atoms with Crippen molar-refractivity contribution < 1.29 is 8.42 Å². The maximum absolute atomic E-state index is 11.5. The van der Waals surface area contributed by atoms with Gasteiger partial charge in [-0.05, 0) is 50.0 Å². The van der Waals surface area contributed by atoms with Gasteiger partial charge in [-0.2, -0.15) is 0 Å². The largest absolute Gasteiger partial charge is 0.314 e. The van der Waals surface area contributed by atoms with Crippen LogP contribution in [0.25, 0.3) is 0 Å². The van der Waals surface area contributed by atoms with Gasteiger partial charge < -0.3 is 5.32 Å². The summed E-state index contributed by atoms with van der Waals surface area (Å²) in [4.78, 5) is 2.86. The first kappa shape index (κ1) is 16.5. The minimum atomic E-state index is -3.10. The molecule has 1 aromatic carbocycles. The summed E-state index contributed by atoms with van der Waals surface area (Å²) in [6, 6.07) is 7.84. The number of sulfone groups is 1. The van der Waals surface area contributed by atoms with Crippen LogP contribution in [0.1, 0.15) is 25.8 Å².